The summed E-state index contributed by atoms with van der Waals surface area (Å²) < 4.78 is 32.2. The molecule has 0 amide bonds. The van der Waals surface area contributed by atoms with Crippen molar-refractivity contribution in [3.05, 3.63) is 47.7 Å². The first kappa shape index (κ1) is 13.8. The molecule has 2 N–H and O–H groups in total. The van der Waals surface area contributed by atoms with Crippen molar-refractivity contribution in [1.82, 2.24) is 10.3 Å². The fourth-order valence-corrected chi connectivity index (χ4v) is 3.31. The molecule has 0 aliphatic carbocycles. The summed E-state index contributed by atoms with van der Waals surface area (Å²) >= 11 is 0. The quantitative estimate of drug-likeness (QED) is 0.894. The van der Waals surface area contributed by atoms with Gasteiger partial charge in [-0.3, -0.25) is 4.72 Å². The first-order valence-electron chi connectivity index (χ1n) is 6.44. The average Bonchev–Trinajstić information content (AvgIpc) is 2.95. The van der Waals surface area contributed by atoms with Crippen molar-refractivity contribution in [1.29, 1.82) is 0 Å². The van der Waals surface area contributed by atoms with Crippen LogP contribution in [0.5, 0.6) is 5.88 Å². The second-order valence-electron chi connectivity index (χ2n) is 4.73. The van der Waals surface area contributed by atoms with Gasteiger partial charge in [-0.05, 0) is 29.3 Å². The first-order chi connectivity index (χ1) is 10.1. The zero-order valence-corrected chi connectivity index (χ0v) is 12.3. The lowest BCUT2D eigenvalue weighted by molar-refractivity contribution is 0.398. The number of hydrogen-bond donors (Lipinski definition) is 2. The van der Waals surface area contributed by atoms with E-state index < -0.39 is 10.0 Å². The molecule has 2 heterocycles. The average molecular weight is 305 g/mol. The number of benzene rings is 1. The molecule has 110 valence electrons. The van der Waals surface area contributed by atoms with Crippen LogP contribution < -0.4 is 14.8 Å². The molecule has 0 bridgehead atoms. The Kier molecular flexibility index (Phi) is 3.52. The fraction of sp³-hybridized carbons (Fsp3) is 0.214. The molecule has 6 nitrogen and oxygen atoms in total. The Bertz CT molecular complexity index is 758. The minimum absolute atomic E-state index is 0.251. The van der Waals surface area contributed by atoms with Gasteiger partial charge in [0.05, 0.1) is 23.9 Å². The van der Waals surface area contributed by atoms with Crippen LogP contribution in [0.4, 0.5) is 5.69 Å². The van der Waals surface area contributed by atoms with Crippen molar-refractivity contribution in [2.45, 2.75) is 18.0 Å². The van der Waals surface area contributed by atoms with Crippen molar-refractivity contribution in [3.63, 3.8) is 0 Å². The highest BCUT2D eigenvalue weighted by atomic mass is 32.2. The predicted molar refractivity (Wildman–Crippen MR) is 78.6 cm³/mol. The summed E-state index contributed by atoms with van der Waals surface area (Å²) in [5, 5.41) is 3.19. The molecule has 1 aliphatic heterocycles. The summed E-state index contributed by atoms with van der Waals surface area (Å²) in [5.41, 5.74) is 2.56. The Morgan fingerprint density at radius 2 is 2.00 bits per heavy atom. The summed E-state index contributed by atoms with van der Waals surface area (Å²) in [5.74, 6) is 0.432. The molecule has 1 aromatic heterocycles. The highest BCUT2D eigenvalue weighted by Gasteiger charge is 2.18. The normalized spacial score (nSPS) is 13.8. The number of anilines is 1. The lowest BCUT2D eigenvalue weighted by atomic mass is 10.1. The topological polar surface area (TPSA) is 80.3 Å². The zero-order valence-electron chi connectivity index (χ0n) is 11.5. The molecule has 3 rings (SSSR count). The Balaban J connectivity index is 1.86. The van der Waals surface area contributed by atoms with Crippen molar-refractivity contribution < 1.29 is 13.2 Å². The first-order valence-corrected chi connectivity index (χ1v) is 7.92. The molecule has 2 aromatic rings. The van der Waals surface area contributed by atoms with Crippen molar-refractivity contribution in [2.24, 2.45) is 0 Å². The SMILES string of the molecule is COc1ccc(NS(=O)(=O)c2ccc3c(c2)CNC3)cn1. The van der Waals surface area contributed by atoms with Gasteiger partial charge in [0.25, 0.3) is 10.0 Å². The minimum atomic E-state index is -3.61. The molecule has 1 aromatic carbocycles. The Labute approximate surface area is 123 Å². The van der Waals surface area contributed by atoms with Gasteiger partial charge in [-0.15, -0.1) is 0 Å². The molecular formula is C14H15N3O3S. The van der Waals surface area contributed by atoms with Crippen LogP contribution in [0.15, 0.2) is 41.4 Å². The Morgan fingerprint density at radius 3 is 2.71 bits per heavy atom. The second kappa shape index (κ2) is 5.34. The van der Waals surface area contributed by atoms with Crippen LogP contribution in [0.3, 0.4) is 0 Å². The predicted octanol–water partition coefficient (Wildman–Crippen LogP) is 1.49. The summed E-state index contributed by atoms with van der Waals surface area (Å²) in [7, 11) is -2.11. The highest BCUT2D eigenvalue weighted by molar-refractivity contribution is 7.92. The van der Waals surface area contributed by atoms with E-state index in [4.69, 9.17) is 4.74 Å². The van der Waals surface area contributed by atoms with E-state index in [9.17, 15) is 8.42 Å². The number of hydrogen-bond acceptors (Lipinski definition) is 5. The number of aromatic nitrogens is 1. The van der Waals surface area contributed by atoms with Crippen LogP contribution in [0, 0.1) is 0 Å². The van der Waals surface area contributed by atoms with Crippen LogP contribution in [0.25, 0.3) is 0 Å². The lowest BCUT2D eigenvalue weighted by Gasteiger charge is -2.09. The molecule has 0 atom stereocenters. The number of methoxy groups -OCH3 is 1. The summed E-state index contributed by atoms with van der Waals surface area (Å²) in [6.45, 7) is 1.48. The van der Waals surface area contributed by atoms with E-state index in [2.05, 4.69) is 15.0 Å². The molecule has 0 saturated heterocycles. The van der Waals surface area contributed by atoms with Crippen LogP contribution in [-0.4, -0.2) is 20.5 Å². The molecule has 0 fully saturated rings. The number of sulfonamides is 1. The monoisotopic (exact) mass is 305 g/mol. The van der Waals surface area contributed by atoms with Gasteiger partial charge in [-0.1, -0.05) is 6.07 Å². The lowest BCUT2D eigenvalue weighted by Crippen LogP contribution is -2.13. The van der Waals surface area contributed by atoms with E-state index in [0.717, 1.165) is 17.7 Å². The van der Waals surface area contributed by atoms with Gasteiger partial charge in [-0.25, -0.2) is 13.4 Å². The molecule has 0 unspecified atom stereocenters. The van der Waals surface area contributed by atoms with Crippen LogP contribution in [-0.2, 0) is 23.1 Å². The van der Waals surface area contributed by atoms with Gasteiger partial charge in [0, 0.05) is 19.2 Å². The molecule has 21 heavy (non-hydrogen) atoms. The number of fused-ring (bicyclic) bond motifs is 1. The van der Waals surface area contributed by atoms with Crippen LogP contribution in [0.2, 0.25) is 0 Å². The maximum absolute atomic E-state index is 12.4. The van der Waals surface area contributed by atoms with Gasteiger partial charge in [0.2, 0.25) is 5.88 Å². The van der Waals surface area contributed by atoms with Crippen molar-refractivity contribution in [3.8, 4) is 5.88 Å². The Morgan fingerprint density at radius 1 is 1.19 bits per heavy atom. The van der Waals surface area contributed by atoms with Crippen LogP contribution in [0.1, 0.15) is 11.1 Å². The molecule has 0 radical (unpaired) electrons. The van der Waals surface area contributed by atoms with E-state index in [0.29, 0.717) is 18.1 Å². The number of nitrogens with one attached hydrogen (secondary N) is 2. The number of rotatable bonds is 4. The fourth-order valence-electron chi connectivity index (χ4n) is 2.21. The van der Waals surface area contributed by atoms with Gasteiger partial charge < -0.3 is 10.1 Å². The Hall–Kier alpha value is -2.12. The molecular weight excluding hydrogens is 290 g/mol. The highest BCUT2D eigenvalue weighted by Crippen LogP contribution is 2.22. The summed E-state index contributed by atoms with van der Waals surface area (Å²) in [6.07, 6.45) is 1.42. The number of pyridine rings is 1. The third kappa shape index (κ3) is 2.84. The van der Waals surface area contributed by atoms with Crippen molar-refractivity contribution in [2.75, 3.05) is 11.8 Å². The summed E-state index contributed by atoms with van der Waals surface area (Å²) in [4.78, 5) is 4.22. The molecule has 7 heteroatoms. The second-order valence-corrected chi connectivity index (χ2v) is 6.41. The van der Waals surface area contributed by atoms with E-state index in [1.165, 1.54) is 13.3 Å². The van der Waals surface area contributed by atoms with Gasteiger partial charge in [0.1, 0.15) is 0 Å². The van der Waals surface area contributed by atoms with E-state index in [1.54, 1.807) is 24.3 Å². The molecule has 0 saturated carbocycles. The standard InChI is InChI=1S/C14H15N3O3S/c1-20-14-5-3-12(9-16-14)17-21(18,19)13-4-2-10-7-15-8-11(10)6-13/h2-6,9,15,17H,7-8H2,1H3. The van der Waals surface area contributed by atoms with Crippen LogP contribution >= 0.6 is 0 Å². The summed E-state index contributed by atoms with van der Waals surface area (Å²) in [6, 6.07) is 8.37. The van der Waals surface area contributed by atoms with Crippen molar-refractivity contribution >= 4 is 15.7 Å². The zero-order chi connectivity index (χ0) is 14.9. The van der Waals surface area contributed by atoms with Gasteiger partial charge in [-0.2, -0.15) is 0 Å². The van der Waals surface area contributed by atoms with E-state index >= 15 is 0 Å². The number of nitrogens with zero attached hydrogens (tertiary/aromatic N) is 1. The number of ether oxygens (including phenoxy) is 1. The van der Waals surface area contributed by atoms with E-state index in [-0.39, 0.29) is 4.90 Å². The van der Waals surface area contributed by atoms with E-state index in [1.807, 2.05) is 6.07 Å². The third-order valence-corrected chi connectivity index (χ3v) is 4.70. The smallest absolute Gasteiger partial charge is 0.261 e. The third-order valence-electron chi connectivity index (χ3n) is 3.32. The van der Waals surface area contributed by atoms with Gasteiger partial charge in [0.15, 0.2) is 0 Å². The molecule has 0 spiro atoms. The largest absolute Gasteiger partial charge is 0.481 e. The maximum Gasteiger partial charge on any atom is 0.261 e. The molecule has 1 aliphatic rings. The maximum atomic E-state index is 12.4. The van der Waals surface area contributed by atoms with Gasteiger partial charge >= 0.3 is 0 Å². The minimum Gasteiger partial charge on any atom is -0.481 e.